The van der Waals surface area contributed by atoms with Gasteiger partial charge in [-0.1, -0.05) is 0 Å². The van der Waals surface area contributed by atoms with E-state index >= 15 is 0 Å². The van der Waals surface area contributed by atoms with Crippen LogP contribution in [0.25, 0.3) is 10.2 Å². The molecule has 1 unspecified atom stereocenters. The first-order valence-electron chi connectivity index (χ1n) is 6.40. The summed E-state index contributed by atoms with van der Waals surface area (Å²) in [6, 6.07) is 5.46. The van der Waals surface area contributed by atoms with Crippen LogP contribution in [-0.2, 0) is 0 Å². The lowest BCUT2D eigenvalue weighted by Crippen LogP contribution is -2.42. The highest BCUT2D eigenvalue weighted by Crippen LogP contribution is 2.39. The maximum Gasteiger partial charge on any atom is 0.251 e. The van der Waals surface area contributed by atoms with Crippen LogP contribution in [0.4, 0.5) is 0 Å². The van der Waals surface area contributed by atoms with Gasteiger partial charge < -0.3 is 10.4 Å². The van der Waals surface area contributed by atoms with Crippen molar-refractivity contribution in [1.29, 1.82) is 0 Å². The fraction of sp³-hybridized carbons (Fsp3) is 0.429. The van der Waals surface area contributed by atoms with Crippen LogP contribution >= 0.6 is 11.3 Å². The van der Waals surface area contributed by atoms with Gasteiger partial charge in [0.2, 0.25) is 0 Å². The molecule has 0 spiro atoms. The number of aliphatic hydroxyl groups is 1. The quantitative estimate of drug-likeness (QED) is 0.899. The summed E-state index contributed by atoms with van der Waals surface area (Å²) >= 11 is 1.52. The molecule has 100 valence electrons. The van der Waals surface area contributed by atoms with Gasteiger partial charge >= 0.3 is 0 Å². The molecule has 2 aromatic rings. The number of fused-ring (bicyclic) bond motifs is 1. The standard InChI is InChI=1S/C14H16N2O2S/c1-14(18,10-3-4-10)7-15-13(17)9-2-5-11-12(6-9)19-8-16-11/h2,5-6,8,10,18H,3-4,7H2,1H3,(H,15,17). The molecule has 3 rings (SSSR count). The average Bonchev–Trinajstić information content (AvgIpc) is 3.15. The summed E-state index contributed by atoms with van der Waals surface area (Å²) in [7, 11) is 0. The second kappa shape index (κ2) is 4.58. The number of aromatic nitrogens is 1. The molecule has 0 radical (unpaired) electrons. The van der Waals surface area contributed by atoms with E-state index in [9.17, 15) is 9.90 Å². The Hall–Kier alpha value is -1.46. The van der Waals surface area contributed by atoms with Gasteiger partial charge in [0.05, 0.1) is 21.3 Å². The van der Waals surface area contributed by atoms with Gasteiger partial charge in [0, 0.05) is 12.1 Å². The molecule has 19 heavy (non-hydrogen) atoms. The second-order valence-electron chi connectivity index (χ2n) is 5.35. The van der Waals surface area contributed by atoms with Gasteiger partial charge in [-0.25, -0.2) is 4.98 Å². The Labute approximate surface area is 115 Å². The lowest BCUT2D eigenvalue weighted by molar-refractivity contribution is 0.0354. The minimum Gasteiger partial charge on any atom is -0.388 e. The van der Waals surface area contributed by atoms with E-state index in [1.54, 1.807) is 18.5 Å². The van der Waals surface area contributed by atoms with Crippen molar-refractivity contribution in [3.63, 3.8) is 0 Å². The van der Waals surface area contributed by atoms with Crippen LogP contribution in [0.15, 0.2) is 23.7 Å². The van der Waals surface area contributed by atoms with E-state index in [4.69, 9.17) is 0 Å². The second-order valence-corrected chi connectivity index (χ2v) is 6.24. The van der Waals surface area contributed by atoms with Crippen molar-refractivity contribution in [2.45, 2.75) is 25.4 Å². The van der Waals surface area contributed by atoms with E-state index in [1.165, 1.54) is 11.3 Å². The molecule has 1 fully saturated rings. The van der Waals surface area contributed by atoms with Crippen molar-refractivity contribution < 1.29 is 9.90 Å². The molecule has 1 amide bonds. The van der Waals surface area contributed by atoms with Crippen LogP contribution in [0.2, 0.25) is 0 Å². The van der Waals surface area contributed by atoms with Crippen LogP contribution < -0.4 is 5.32 Å². The SMILES string of the molecule is CC(O)(CNC(=O)c1ccc2ncsc2c1)C1CC1. The zero-order chi connectivity index (χ0) is 13.5. The van der Waals surface area contributed by atoms with Gasteiger partial charge in [-0.05, 0) is 43.9 Å². The number of rotatable bonds is 4. The Morgan fingerprint density at radius 2 is 2.37 bits per heavy atom. The third-order valence-corrected chi connectivity index (χ3v) is 4.45. The van der Waals surface area contributed by atoms with Crippen LogP contribution in [0, 0.1) is 5.92 Å². The summed E-state index contributed by atoms with van der Waals surface area (Å²) in [4.78, 5) is 16.2. The lowest BCUT2D eigenvalue weighted by atomic mass is 10.0. The van der Waals surface area contributed by atoms with Crippen molar-refractivity contribution in [2.24, 2.45) is 5.92 Å². The Morgan fingerprint density at radius 1 is 1.58 bits per heavy atom. The van der Waals surface area contributed by atoms with Crippen molar-refractivity contribution in [2.75, 3.05) is 6.54 Å². The molecule has 1 atom stereocenters. The number of carbonyl (C=O) groups excluding carboxylic acids is 1. The van der Waals surface area contributed by atoms with E-state index in [0.717, 1.165) is 23.1 Å². The number of carbonyl (C=O) groups is 1. The van der Waals surface area contributed by atoms with Gasteiger partial charge in [-0.2, -0.15) is 0 Å². The number of hydrogen-bond donors (Lipinski definition) is 2. The van der Waals surface area contributed by atoms with Crippen molar-refractivity contribution in [3.8, 4) is 0 Å². The van der Waals surface area contributed by atoms with Crippen LogP contribution in [0.5, 0.6) is 0 Å². The Bertz CT molecular complexity index is 617. The summed E-state index contributed by atoms with van der Waals surface area (Å²) in [6.07, 6.45) is 2.10. The lowest BCUT2D eigenvalue weighted by Gasteiger charge is -2.23. The predicted molar refractivity (Wildman–Crippen MR) is 75.3 cm³/mol. The molecule has 1 aliphatic carbocycles. The van der Waals surface area contributed by atoms with Gasteiger partial charge in [-0.3, -0.25) is 4.79 Å². The summed E-state index contributed by atoms with van der Waals surface area (Å²) in [6.45, 7) is 2.09. The number of nitrogens with one attached hydrogen (secondary N) is 1. The molecule has 1 saturated carbocycles. The fourth-order valence-corrected chi connectivity index (χ4v) is 2.92. The van der Waals surface area contributed by atoms with Crippen molar-refractivity contribution in [3.05, 3.63) is 29.3 Å². The third-order valence-electron chi connectivity index (χ3n) is 3.66. The molecule has 0 aliphatic heterocycles. The van der Waals surface area contributed by atoms with E-state index in [2.05, 4.69) is 10.3 Å². The largest absolute Gasteiger partial charge is 0.388 e. The number of thiazole rings is 1. The first-order valence-corrected chi connectivity index (χ1v) is 7.28. The van der Waals surface area contributed by atoms with Gasteiger partial charge in [0.1, 0.15) is 0 Å². The number of hydrogen-bond acceptors (Lipinski definition) is 4. The summed E-state index contributed by atoms with van der Waals surface area (Å²) in [5.74, 6) is 0.188. The van der Waals surface area contributed by atoms with E-state index in [-0.39, 0.29) is 5.91 Å². The number of nitrogens with zero attached hydrogens (tertiary/aromatic N) is 1. The molecule has 2 N–H and O–H groups in total. The van der Waals surface area contributed by atoms with Gasteiger partial charge in [-0.15, -0.1) is 11.3 Å². The molecular formula is C14H16N2O2S. The number of benzene rings is 1. The third kappa shape index (κ3) is 2.62. The molecule has 1 aromatic carbocycles. The molecular weight excluding hydrogens is 260 g/mol. The first kappa shape index (κ1) is 12.6. The minimum atomic E-state index is -0.787. The van der Waals surface area contributed by atoms with E-state index in [0.29, 0.717) is 18.0 Å². The molecule has 1 aliphatic rings. The fourth-order valence-electron chi connectivity index (χ4n) is 2.21. The molecule has 0 bridgehead atoms. The minimum absolute atomic E-state index is 0.142. The highest BCUT2D eigenvalue weighted by molar-refractivity contribution is 7.16. The van der Waals surface area contributed by atoms with Crippen molar-refractivity contribution in [1.82, 2.24) is 10.3 Å². The van der Waals surface area contributed by atoms with Gasteiger partial charge in [0.25, 0.3) is 5.91 Å². The zero-order valence-electron chi connectivity index (χ0n) is 10.7. The molecule has 1 heterocycles. The molecule has 0 saturated heterocycles. The maximum atomic E-state index is 12.1. The highest BCUT2D eigenvalue weighted by atomic mass is 32.1. The summed E-state index contributed by atoms with van der Waals surface area (Å²) in [5, 5.41) is 13.0. The topological polar surface area (TPSA) is 62.2 Å². The molecule has 4 nitrogen and oxygen atoms in total. The molecule has 1 aromatic heterocycles. The van der Waals surface area contributed by atoms with Crippen LogP contribution in [0.1, 0.15) is 30.1 Å². The Balaban J connectivity index is 1.69. The predicted octanol–water partition coefficient (Wildman–Crippen LogP) is 2.19. The van der Waals surface area contributed by atoms with E-state index < -0.39 is 5.60 Å². The normalized spacial score (nSPS) is 18.2. The highest BCUT2D eigenvalue weighted by Gasteiger charge is 2.39. The monoisotopic (exact) mass is 276 g/mol. The van der Waals surface area contributed by atoms with Crippen molar-refractivity contribution >= 4 is 27.5 Å². The Morgan fingerprint density at radius 3 is 3.11 bits per heavy atom. The maximum absolute atomic E-state index is 12.1. The summed E-state index contributed by atoms with van der Waals surface area (Å²) < 4.78 is 1.00. The molecule has 5 heteroatoms. The Kier molecular flexibility index (Phi) is 3.03. The average molecular weight is 276 g/mol. The van der Waals surface area contributed by atoms with E-state index in [1.807, 2.05) is 12.1 Å². The van der Waals surface area contributed by atoms with Crippen LogP contribution in [0.3, 0.4) is 0 Å². The first-order chi connectivity index (χ1) is 9.06. The summed E-state index contributed by atoms with van der Waals surface area (Å²) in [5.41, 5.74) is 2.50. The van der Waals surface area contributed by atoms with Gasteiger partial charge in [0.15, 0.2) is 0 Å². The number of amides is 1. The smallest absolute Gasteiger partial charge is 0.251 e. The van der Waals surface area contributed by atoms with Crippen LogP contribution in [-0.4, -0.2) is 28.1 Å². The zero-order valence-corrected chi connectivity index (χ0v) is 11.5.